The number of halogens is 2. The lowest BCUT2D eigenvalue weighted by atomic mass is 9.98. The van der Waals surface area contributed by atoms with Crippen molar-refractivity contribution >= 4 is 30.7 Å². The third-order valence-electron chi connectivity index (χ3n) is 3.98. The summed E-state index contributed by atoms with van der Waals surface area (Å²) in [6.07, 6.45) is 10.6. The molecular formula is C15H21Cl2N5O. The molecule has 126 valence electrons. The van der Waals surface area contributed by atoms with E-state index in [9.17, 15) is 4.79 Å². The molecule has 1 aliphatic carbocycles. The Bertz CT molecular complexity index is 627. The molecule has 0 bridgehead atoms. The predicted octanol–water partition coefficient (Wildman–Crippen LogP) is 2.00. The quantitative estimate of drug-likeness (QED) is 0.875. The summed E-state index contributed by atoms with van der Waals surface area (Å²) in [5.74, 6) is 0.726. The smallest absolute Gasteiger partial charge is 0.240 e. The lowest BCUT2D eigenvalue weighted by molar-refractivity contribution is -0.126. The number of pyridine rings is 1. The minimum Gasteiger partial charge on any atom is -0.350 e. The SMILES string of the molecule is Cl.Cl.NC1(C(=O)NCc2ccnc(-n3ccnc3)c2)CCCC1. The highest BCUT2D eigenvalue weighted by molar-refractivity contribution is 5.86. The highest BCUT2D eigenvalue weighted by Crippen LogP contribution is 2.27. The Morgan fingerprint density at radius 1 is 1.30 bits per heavy atom. The summed E-state index contributed by atoms with van der Waals surface area (Å²) in [4.78, 5) is 20.5. The van der Waals surface area contributed by atoms with Gasteiger partial charge in [-0.05, 0) is 30.5 Å². The van der Waals surface area contributed by atoms with Crippen LogP contribution in [-0.2, 0) is 11.3 Å². The van der Waals surface area contributed by atoms with Crippen LogP contribution in [0.2, 0.25) is 0 Å². The molecule has 1 amide bonds. The summed E-state index contributed by atoms with van der Waals surface area (Å²) in [7, 11) is 0. The fourth-order valence-electron chi connectivity index (χ4n) is 2.70. The van der Waals surface area contributed by atoms with Crippen LogP contribution in [0.3, 0.4) is 0 Å². The molecule has 0 aromatic carbocycles. The van der Waals surface area contributed by atoms with Gasteiger partial charge in [-0.2, -0.15) is 0 Å². The maximum absolute atomic E-state index is 12.2. The van der Waals surface area contributed by atoms with Gasteiger partial charge in [-0.3, -0.25) is 9.36 Å². The Morgan fingerprint density at radius 2 is 2.04 bits per heavy atom. The summed E-state index contributed by atoms with van der Waals surface area (Å²) in [6.45, 7) is 0.460. The van der Waals surface area contributed by atoms with E-state index in [0.717, 1.165) is 37.1 Å². The van der Waals surface area contributed by atoms with E-state index in [4.69, 9.17) is 5.73 Å². The third kappa shape index (κ3) is 4.43. The molecule has 0 radical (unpaired) electrons. The van der Waals surface area contributed by atoms with Crippen molar-refractivity contribution in [1.29, 1.82) is 0 Å². The number of hydrogen-bond acceptors (Lipinski definition) is 4. The maximum Gasteiger partial charge on any atom is 0.240 e. The highest BCUT2D eigenvalue weighted by Gasteiger charge is 2.36. The summed E-state index contributed by atoms with van der Waals surface area (Å²) >= 11 is 0. The van der Waals surface area contributed by atoms with Gasteiger partial charge < -0.3 is 11.1 Å². The monoisotopic (exact) mass is 357 g/mol. The van der Waals surface area contributed by atoms with E-state index in [1.807, 2.05) is 22.9 Å². The van der Waals surface area contributed by atoms with Gasteiger partial charge in [0.15, 0.2) is 0 Å². The van der Waals surface area contributed by atoms with Crippen molar-refractivity contribution in [2.45, 2.75) is 37.8 Å². The van der Waals surface area contributed by atoms with Crippen LogP contribution in [0.4, 0.5) is 0 Å². The van der Waals surface area contributed by atoms with E-state index < -0.39 is 5.54 Å². The molecule has 3 N–H and O–H groups in total. The van der Waals surface area contributed by atoms with Crippen molar-refractivity contribution in [1.82, 2.24) is 19.9 Å². The fourth-order valence-corrected chi connectivity index (χ4v) is 2.70. The number of imidazole rings is 1. The van der Waals surface area contributed by atoms with Gasteiger partial charge in [-0.1, -0.05) is 12.8 Å². The Kier molecular flexibility index (Phi) is 7.00. The van der Waals surface area contributed by atoms with E-state index in [0.29, 0.717) is 6.54 Å². The topological polar surface area (TPSA) is 85.8 Å². The molecule has 1 fully saturated rings. The van der Waals surface area contributed by atoms with Crippen molar-refractivity contribution < 1.29 is 4.79 Å². The van der Waals surface area contributed by atoms with Crippen molar-refractivity contribution in [3.05, 3.63) is 42.6 Å². The van der Waals surface area contributed by atoms with Gasteiger partial charge in [0.1, 0.15) is 12.1 Å². The minimum atomic E-state index is -0.680. The molecule has 0 spiro atoms. The first-order valence-electron chi connectivity index (χ1n) is 7.18. The molecule has 1 aliphatic rings. The van der Waals surface area contributed by atoms with Crippen molar-refractivity contribution in [2.75, 3.05) is 0 Å². The Hall–Kier alpha value is -1.63. The van der Waals surface area contributed by atoms with Crippen LogP contribution in [0, 0.1) is 0 Å². The number of carbonyl (C=O) groups excluding carboxylic acids is 1. The van der Waals surface area contributed by atoms with Crippen LogP contribution < -0.4 is 11.1 Å². The summed E-state index contributed by atoms with van der Waals surface area (Å²) in [5.41, 5.74) is 6.45. The summed E-state index contributed by atoms with van der Waals surface area (Å²) < 4.78 is 1.83. The highest BCUT2D eigenvalue weighted by atomic mass is 35.5. The zero-order chi connectivity index (χ0) is 14.7. The number of hydrogen-bond donors (Lipinski definition) is 2. The first-order chi connectivity index (χ1) is 10.2. The van der Waals surface area contributed by atoms with Gasteiger partial charge in [0.05, 0.1) is 5.54 Å². The maximum atomic E-state index is 12.2. The average molecular weight is 358 g/mol. The molecule has 2 aromatic heterocycles. The van der Waals surface area contributed by atoms with Crippen LogP contribution in [0.5, 0.6) is 0 Å². The van der Waals surface area contributed by atoms with Gasteiger partial charge in [0.2, 0.25) is 5.91 Å². The van der Waals surface area contributed by atoms with Crippen LogP contribution >= 0.6 is 24.8 Å². The molecule has 8 heteroatoms. The molecule has 0 atom stereocenters. The van der Waals surface area contributed by atoms with Gasteiger partial charge >= 0.3 is 0 Å². The molecule has 2 heterocycles. The third-order valence-corrected chi connectivity index (χ3v) is 3.98. The van der Waals surface area contributed by atoms with Crippen LogP contribution in [0.25, 0.3) is 5.82 Å². The van der Waals surface area contributed by atoms with Crippen molar-refractivity contribution in [3.63, 3.8) is 0 Å². The number of amides is 1. The first kappa shape index (κ1) is 19.4. The minimum absolute atomic E-state index is 0. The number of nitrogens with one attached hydrogen (secondary N) is 1. The van der Waals surface area contributed by atoms with E-state index >= 15 is 0 Å². The van der Waals surface area contributed by atoms with Gasteiger partial charge in [0.25, 0.3) is 0 Å². The fraction of sp³-hybridized carbons (Fsp3) is 0.400. The number of nitrogens with zero attached hydrogens (tertiary/aromatic N) is 3. The second-order valence-corrected chi connectivity index (χ2v) is 5.54. The molecule has 2 aromatic rings. The van der Waals surface area contributed by atoms with Crippen LogP contribution in [-0.4, -0.2) is 26.0 Å². The van der Waals surface area contributed by atoms with E-state index in [1.54, 1.807) is 18.7 Å². The summed E-state index contributed by atoms with van der Waals surface area (Å²) in [6, 6.07) is 3.82. The first-order valence-corrected chi connectivity index (χ1v) is 7.18. The van der Waals surface area contributed by atoms with Crippen LogP contribution in [0.15, 0.2) is 37.1 Å². The van der Waals surface area contributed by atoms with Gasteiger partial charge in [-0.15, -0.1) is 24.8 Å². The second kappa shape index (κ2) is 8.29. The molecule has 0 saturated heterocycles. The summed E-state index contributed by atoms with van der Waals surface area (Å²) in [5, 5.41) is 2.94. The Balaban J connectivity index is 0.00000132. The Labute approximate surface area is 147 Å². The molecule has 6 nitrogen and oxygen atoms in total. The van der Waals surface area contributed by atoms with E-state index in [2.05, 4.69) is 15.3 Å². The number of carbonyl (C=O) groups is 1. The zero-order valence-electron chi connectivity index (χ0n) is 12.6. The van der Waals surface area contributed by atoms with Crippen molar-refractivity contribution in [3.8, 4) is 5.82 Å². The molecular weight excluding hydrogens is 337 g/mol. The van der Waals surface area contributed by atoms with Gasteiger partial charge in [0, 0.05) is 25.1 Å². The number of nitrogens with two attached hydrogens (primary N) is 1. The number of rotatable bonds is 4. The van der Waals surface area contributed by atoms with E-state index in [-0.39, 0.29) is 30.7 Å². The normalized spacial score (nSPS) is 15.3. The second-order valence-electron chi connectivity index (χ2n) is 5.54. The van der Waals surface area contributed by atoms with Gasteiger partial charge in [-0.25, -0.2) is 9.97 Å². The lowest BCUT2D eigenvalue weighted by Crippen LogP contribution is -2.51. The largest absolute Gasteiger partial charge is 0.350 e. The standard InChI is InChI=1S/C15H19N5O.2ClH/c16-15(4-1-2-5-15)14(21)19-10-12-3-6-18-13(9-12)20-8-7-17-11-20;;/h3,6-9,11H,1-2,4-5,10,16H2,(H,19,21);2*1H. The number of aromatic nitrogens is 3. The molecule has 1 saturated carbocycles. The lowest BCUT2D eigenvalue weighted by Gasteiger charge is -2.22. The Morgan fingerprint density at radius 3 is 2.70 bits per heavy atom. The average Bonchev–Trinajstić information content (AvgIpc) is 3.17. The zero-order valence-corrected chi connectivity index (χ0v) is 14.3. The predicted molar refractivity (Wildman–Crippen MR) is 93.1 cm³/mol. The van der Waals surface area contributed by atoms with E-state index in [1.165, 1.54) is 0 Å². The molecule has 3 rings (SSSR count). The van der Waals surface area contributed by atoms with Crippen molar-refractivity contribution in [2.24, 2.45) is 5.73 Å². The molecule has 23 heavy (non-hydrogen) atoms. The molecule has 0 unspecified atom stereocenters. The molecule has 0 aliphatic heterocycles. The van der Waals surface area contributed by atoms with Crippen LogP contribution in [0.1, 0.15) is 31.2 Å².